The third-order valence-corrected chi connectivity index (χ3v) is 5.24. The van der Waals surface area contributed by atoms with Gasteiger partial charge >= 0.3 is 0 Å². The molecule has 0 spiro atoms. The second-order valence-electron chi connectivity index (χ2n) is 5.58. The van der Waals surface area contributed by atoms with E-state index in [1.807, 2.05) is 48.5 Å². The fourth-order valence-corrected chi connectivity index (χ4v) is 4.25. The van der Waals surface area contributed by atoms with Crippen LogP contribution in [-0.4, -0.2) is 33.5 Å². The lowest BCUT2D eigenvalue weighted by Crippen LogP contribution is -2.47. The number of hydrogen-bond donors (Lipinski definition) is 1. The number of rotatable bonds is 4. The van der Waals surface area contributed by atoms with Crippen molar-refractivity contribution in [3.8, 4) is 0 Å². The number of amides is 2. The summed E-state index contributed by atoms with van der Waals surface area (Å²) in [7, 11) is 0. The molecule has 124 valence electrons. The number of nitrogens with zero attached hydrogens (tertiary/aromatic N) is 2. The number of pyridine rings is 1. The molecule has 1 saturated heterocycles. The number of hydrogen-bond acceptors (Lipinski definition) is 4. The van der Waals surface area contributed by atoms with Crippen molar-refractivity contribution >= 4 is 23.6 Å². The topological polar surface area (TPSA) is 62.3 Å². The molecule has 3 rings (SSSR count). The molecule has 5 nitrogen and oxygen atoms in total. The summed E-state index contributed by atoms with van der Waals surface area (Å²) in [5, 5.41) is 2.77. The SMILES string of the molecule is CC(=O)N1C(C(=O)NCc2ccccn2)CSC1c1ccccc1. The van der Waals surface area contributed by atoms with Crippen molar-refractivity contribution in [2.45, 2.75) is 24.9 Å². The Morgan fingerprint density at radius 1 is 1.21 bits per heavy atom. The van der Waals surface area contributed by atoms with Gasteiger partial charge in [-0.3, -0.25) is 14.6 Å². The number of benzene rings is 1. The Hall–Kier alpha value is -2.34. The van der Waals surface area contributed by atoms with E-state index in [9.17, 15) is 9.59 Å². The van der Waals surface area contributed by atoms with Crippen LogP contribution < -0.4 is 5.32 Å². The van der Waals surface area contributed by atoms with E-state index in [2.05, 4.69) is 10.3 Å². The van der Waals surface area contributed by atoms with Crippen LogP contribution in [0.5, 0.6) is 0 Å². The van der Waals surface area contributed by atoms with E-state index in [0.717, 1.165) is 11.3 Å². The van der Waals surface area contributed by atoms with Gasteiger partial charge in [0.05, 0.1) is 12.2 Å². The van der Waals surface area contributed by atoms with Gasteiger partial charge in [0.1, 0.15) is 11.4 Å². The number of carbonyl (C=O) groups excluding carboxylic acids is 2. The van der Waals surface area contributed by atoms with Gasteiger partial charge in [0.15, 0.2) is 0 Å². The molecule has 2 aromatic rings. The molecule has 1 aliphatic heterocycles. The van der Waals surface area contributed by atoms with Crippen molar-refractivity contribution in [1.29, 1.82) is 0 Å². The van der Waals surface area contributed by atoms with Crippen molar-refractivity contribution in [2.75, 3.05) is 5.75 Å². The first-order valence-corrected chi connectivity index (χ1v) is 8.85. The Balaban J connectivity index is 1.70. The zero-order valence-electron chi connectivity index (χ0n) is 13.4. The summed E-state index contributed by atoms with van der Waals surface area (Å²) >= 11 is 1.62. The van der Waals surface area contributed by atoms with Crippen LogP contribution in [0.4, 0.5) is 0 Å². The second kappa shape index (κ2) is 7.49. The largest absolute Gasteiger partial charge is 0.349 e. The van der Waals surface area contributed by atoms with Gasteiger partial charge < -0.3 is 10.2 Å². The summed E-state index contributed by atoms with van der Waals surface area (Å²) in [6.45, 7) is 1.88. The molecule has 1 aliphatic rings. The Bertz CT molecular complexity index is 709. The zero-order valence-corrected chi connectivity index (χ0v) is 14.2. The minimum Gasteiger partial charge on any atom is -0.349 e. The van der Waals surface area contributed by atoms with Crippen molar-refractivity contribution in [3.63, 3.8) is 0 Å². The Labute approximate surface area is 145 Å². The molecule has 0 saturated carbocycles. The monoisotopic (exact) mass is 341 g/mol. The molecule has 2 atom stereocenters. The van der Waals surface area contributed by atoms with E-state index >= 15 is 0 Å². The van der Waals surface area contributed by atoms with E-state index < -0.39 is 6.04 Å². The fraction of sp³-hybridized carbons (Fsp3) is 0.278. The molecule has 1 aromatic heterocycles. The third-order valence-electron chi connectivity index (χ3n) is 3.92. The van der Waals surface area contributed by atoms with E-state index in [4.69, 9.17) is 0 Å². The highest BCUT2D eigenvalue weighted by Gasteiger charge is 2.40. The van der Waals surface area contributed by atoms with Crippen molar-refractivity contribution < 1.29 is 9.59 Å². The first-order chi connectivity index (χ1) is 11.7. The Morgan fingerprint density at radius 3 is 2.62 bits per heavy atom. The number of nitrogens with one attached hydrogen (secondary N) is 1. The summed E-state index contributed by atoms with van der Waals surface area (Å²) in [5.74, 6) is 0.362. The van der Waals surface area contributed by atoms with Crippen molar-refractivity contribution in [3.05, 3.63) is 66.0 Å². The number of thioether (sulfide) groups is 1. The molecule has 2 unspecified atom stereocenters. The molecule has 2 amide bonds. The van der Waals surface area contributed by atoms with Crippen LogP contribution >= 0.6 is 11.8 Å². The van der Waals surface area contributed by atoms with Gasteiger partial charge in [-0.25, -0.2) is 0 Å². The maximum Gasteiger partial charge on any atom is 0.244 e. The molecular weight excluding hydrogens is 322 g/mol. The molecule has 0 bridgehead atoms. The normalized spacial score (nSPS) is 20.0. The fourth-order valence-electron chi connectivity index (χ4n) is 2.77. The number of aromatic nitrogens is 1. The molecule has 0 aliphatic carbocycles. The highest BCUT2D eigenvalue weighted by Crippen LogP contribution is 2.41. The lowest BCUT2D eigenvalue weighted by Gasteiger charge is -2.27. The summed E-state index contributed by atoms with van der Waals surface area (Å²) in [6.07, 6.45) is 1.69. The molecular formula is C18H19N3O2S. The second-order valence-corrected chi connectivity index (χ2v) is 6.69. The average Bonchev–Trinajstić information content (AvgIpc) is 3.07. The highest BCUT2D eigenvalue weighted by atomic mass is 32.2. The highest BCUT2D eigenvalue weighted by molar-refractivity contribution is 7.99. The number of carbonyl (C=O) groups is 2. The van der Waals surface area contributed by atoms with Crippen LogP contribution in [0, 0.1) is 0 Å². The van der Waals surface area contributed by atoms with Gasteiger partial charge in [0.2, 0.25) is 11.8 Å². The maximum atomic E-state index is 12.6. The van der Waals surface area contributed by atoms with Crippen molar-refractivity contribution in [2.24, 2.45) is 0 Å². The molecule has 1 N–H and O–H groups in total. The Kier molecular flexibility index (Phi) is 5.15. The Morgan fingerprint density at radius 2 is 1.96 bits per heavy atom. The molecule has 0 radical (unpaired) electrons. The molecule has 6 heteroatoms. The smallest absolute Gasteiger partial charge is 0.244 e. The van der Waals surface area contributed by atoms with Gasteiger partial charge in [0.25, 0.3) is 0 Å². The molecule has 1 aromatic carbocycles. The minimum absolute atomic E-state index is 0.0909. The third kappa shape index (κ3) is 3.59. The summed E-state index contributed by atoms with van der Waals surface area (Å²) in [4.78, 5) is 30.6. The zero-order chi connectivity index (χ0) is 16.9. The quantitative estimate of drug-likeness (QED) is 0.927. The molecule has 1 fully saturated rings. The van der Waals surface area contributed by atoms with Crippen LogP contribution in [0.2, 0.25) is 0 Å². The van der Waals surface area contributed by atoms with E-state index in [-0.39, 0.29) is 17.2 Å². The van der Waals surface area contributed by atoms with Gasteiger partial charge in [0, 0.05) is 18.9 Å². The van der Waals surface area contributed by atoms with Crippen molar-refractivity contribution in [1.82, 2.24) is 15.2 Å². The van der Waals surface area contributed by atoms with E-state index in [1.54, 1.807) is 22.9 Å². The molecule has 2 heterocycles. The predicted octanol–water partition coefficient (Wildman–Crippen LogP) is 2.36. The summed E-state index contributed by atoms with van der Waals surface area (Å²) in [6, 6.07) is 14.9. The molecule has 24 heavy (non-hydrogen) atoms. The van der Waals surface area contributed by atoms with Crippen LogP contribution in [0.25, 0.3) is 0 Å². The van der Waals surface area contributed by atoms with E-state index in [1.165, 1.54) is 6.92 Å². The first-order valence-electron chi connectivity index (χ1n) is 7.80. The lowest BCUT2D eigenvalue weighted by atomic mass is 10.1. The van der Waals surface area contributed by atoms with E-state index in [0.29, 0.717) is 12.3 Å². The minimum atomic E-state index is -0.457. The van der Waals surface area contributed by atoms with Gasteiger partial charge in [-0.1, -0.05) is 36.4 Å². The summed E-state index contributed by atoms with van der Waals surface area (Å²) < 4.78 is 0. The van der Waals surface area contributed by atoms with Crippen LogP contribution in [0.15, 0.2) is 54.7 Å². The first kappa shape index (κ1) is 16.5. The average molecular weight is 341 g/mol. The standard InChI is InChI=1S/C18H19N3O2S/c1-13(22)21-16(12-24-18(21)14-7-3-2-4-8-14)17(23)20-11-15-9-5-6-10-19-15/h2-10,16,18H,11-12H2,1H3,(H,20,23). The summed E-state index contributed by atoms with van der Waals surface area (Å²) in [5.41, 5.74) is 1.84. The van der Waals surface area contributed by atoms with Gasteiger partial charge in [-0.05, 0) is 17.7 Å². The predicted molar refractivity (Wildman–Crippen MR) is 94.0 cm³/mol. The maximum absolute atomic E-state index is 12.6. The van der Waals surface area contributed by atoms with Gasteiger partial charge in [-0.15, -0.1) is 11.8 Å². The van der Waals surface area contributed by atoms with Crippen LogP contribution in [0.3, 0.4) is 0 Å². The van der Waals surface area contributed by atoms with Crippen LogP contribution in [0.1, 0.15) is 23.6 Å². The lowest BCUT2D eigenvalue weighted by molar-refractivity contribution is -0.138. The van der Waals surface area contributed by atoms with Crippen LogP contribution in [-0.2, 0) is 16.1 Å². The van der Waals surface area contributed by atoms with Gasteiger partial charge in [-0.2, -0.15) is 0 Å².